The van der Waals surface area contributed by atoms with Gasteiger partial charge in [0.05, 0.1) is 12.2 Å². The molecule has 5 nitrogen and oxygen atoms in total. The molecule has 0 aliphatic rings. The van der Waals surface area contributed by atoms with Crippen molar-refractivity contribution in [2.24, 2.45) is 0 Å². The van der Waals surface area contributed by atoms with Crippen molar-refractivity contribution in [1.29, 1.82) is 0 Å². The summed E-state index contributed by atoms with van der Waals surface area (Å²) in [6.07, 6.45) is 0.645. The first-order valence-electron chi connectivity index (χ1n) is 4.23. The maximum absolute atomic E-state index is 11.4. The second-order valence-electron chi connectivity index (χ2n) is 2.52. The molecule has 0 saturated carbocycles. The summed E-state index contributed by atoms with van der Waals surface area (Å²) in [6.45, 7) is 1.83. The highest BCUT2D eigenvalue weighted by Gasteiger charge is 2.13. The number of pyridine rings is 1. The lowest BCUT2D eigenvalue weighted by atomic mass is 10.3. The molecule has 1 heterocycles. The van der Waals surface area contributed by atoms with Gasteiger partial charge in [-0.25, -0.2) is 9.78 Å². The number of hydrogen-bond donors (Lipinski definition) is 1. The molecule has 15 heavy (non-hydrogen) atoms. The van der Waals surface area contributed by atoms with Crippen LogP contribution in [-0.4, -0.2) is 23.6 Å². The molecule has 0 aliphatic carbocycles. The van der Waals surface area contributed by atoms with Crippen LogP contribution in [-0.2, 0) is 4.74 Å². The molecule has 6 heteroatoms. The smallest absolute Gasteiger partial charge is 0.414 e. The molecule has 80 valence electrons. The summed E-state index contributed by atoms with van der Waals surface area (Å²) >= 11 is 5.66. The molecule has 1 N–H and O–H groups in total. The van der Waals surface area contributed by atoms with Gasteiger partial charge in [-0.05, 0) is 19.1 Å². The molecule has 1 rings (SSSR count). The van der Waals surface area contributed by atoms with Crippen LogP contribution in [0, 0.1) is 0 Å². The van der Waals surface area contributed by atoms with Crippen LogP contribution in [0.2, 0.25) is 5.15 Å². The van der Waals surface area contributed by atoms with E-state index >= 15 is 0 Å². The molecule has 0 unspecified atom stereocenters. The van der Waals surface area contributed by atoms with Crippen LogP contribution in [0.15, 0.2) is 18.3 Å². The number of aromatic nitrogens is 1. The average Bonchev–Trinajstić information content (AvgIpc) is 2.18. The third-order valence-electron chi connectivity index (χ3n) is 1.49. The fourth-order valence-electron chi connectivity index (χ4n) is 0.883. The van der Waals surface area contributed by atoms with Crippen molar-refractivity contribution in [3.63, 3.8) is 0 Å². The Hall–Kier alpha value is -1.62. The minimum atomic E-state index is -0.803. The quantitative estimate of drug-likeness (QED) is 0.781. The van der Waals surface area contributed by atoms with E-state index in [1.807, 2.05) is 5.32 Å². The number of nitrogens with one attached hydrogen (secondary N) is 1. The van der Waals surface area contributed by atoms with Gasteiger partial charge >= 0.3 is 6.09 Å². The summed E-state index contributed by atoms with van der Waals surface area (Å²) in [7, 11) is 0. The van der Waals surface area contributed by atoms with E-state index in [0.29, 0.717) is 0 Å². The molecule has 0 aromatic carbocycles. The maximum atomic E-state index is 11.4. The Bertz CT molecular complexity index is 381. The van der Waals surface area contributed by atoms with Gasteiger partial charge in [-0.1, -0.05) is 11.6 Å². The van der Waals surface area contributed by atoms with Gasteiger partial charge in [-0.2, -0.15) is 0 Å². The van der Waals surface area contributed by atoms with E-state index < -0.39 is 12.0 Å². The highest BCUT2D eigenvalue weighted by atomic mass is 35.5. The molecule has 0 aliphatic heterocycles. The molecule has 0 spiro atoms. The third kappa shape index (κ3) is 3.21. The van der Waals surface area contributed by atoms with Gasteiger partial charge in [0.15, 0.2) is 0 Å². The lowest BCUT2D eigenvalue weighted by Crippen LogP contribution is -2.31. The van der Waals surface area contributed by atoms with Crippen LogP contribution in [0.1, 0.15) is 17.3 Å². The zero-order valence-corrected chi connectivity index (χ0v) is 8.75. The number of rotatable bonds is 2. The predicted octanol–water partition coefficient (Wildman–Crippen LogP) is 1.62. The van der Waals surface area contributed by atoms with Crippen molar-refractivity contribution in [2.75, 3.05) is 6.61 Å². The van der Waals surface area contributed by atoms with Crippen molar-refractivity contribution in [2.45, 2.75) is 6.92 Å². The second kappa shape index (κ2) is 5.31. The number of amides is 2. The van der Waals surface area contributed by atoms with E-state index in [1.54, 1.807) is 13.0 Å². The molecular formula is C9H9ClN2O3. The fraction of sp³-hybridized carbons (Fsp3) is 0.222. The molecular weight excluding hydrogens is 220 g/mol. The minimum absolute atomic E-state index is 0.0410. The van der Waals surface area contributed by atoms with Crippen molar-refractivity contribution in [3.8, 4) is 0 Å². The molecule has 0 bridgehead atoms. The van der Waals surface area contributed by atoms with Crippen molar-refractivity contribution < 1.29 is 14.3 Å². The Morgan fingerprint density at radius 1 is 1.60 bits per heavy atom. The summed E-state index contributed by atoms with van der Waals surface area (Å²) < 4.78 is 4.54. The monoisotopic (exact) mass is 228 g/mol. The average molecular weight is 229 g/mol. The van der Waals surface area contributed by atoms with Gasteiger partial charge in [0.25, 0.3) is 5.91 Å². The Morgan fingerprint density at radius 3 is 2.93 bits per heavy atom. The lowest BCUT2D eigenvalue weighted by Gasteiger charge is -2.04. The lowest BCUT2D eigenvalue weighted by molar-refractivity contribution is 0.0925. The number of halogens is 1. The van der Waals surface area contributed by atoms with Gasteiger partial charge in [-0.15, -0.1) is 0 Å². The topological polar surface area (TPSA) is 68.3 Å². The molecule has 1 aromatic rings. The van der Waals surface area contributed by atoms with Crippen LogP contribution >= 0.6 is 11.6 Å². The first kappa shape index (κ1) is 11.5. The van der Waals surface area contributed by atoms with Crippen LogP contribution in [0.3, 0.4) is 0 Å². The van der Waals surface area contributed by atoms with Crippen molar-refractivity contribution in [3.05, 3.63) is 29.0 Å². The van der Waals surface area contributed by atoms with Crippen molar-refractivity contribution >= 4 is 23.6 Å². The van der Waals surface area contributed by atoms with Gasteiger partial charge < -0.3 is 4.74 Å². The van der Waals surface area contributed by atoms with Gasteiger partial charge in [-0.3, -0.25) is 10.1 Å². The Morgan fingerprint density at radius 2 is 2.33 bits per heavy atom. The summed E-state index contributed by atoms with van der Waals surface area (Å²) in [5, 5.41) is 2.05. The molecule has 2 amide bonds. The summed E-state index contributed by atoms with van der Waals surface area (Å²) in [5.41, 5.74) is 0.132. The van der Waals surface area contributed by atoms with Gasteiger partial charge in [0.1, 0.15) is 5.15 Å². The number of carbonyl (C=O) groups excluding carboxylic acids is 2. The predicted molar refractivity (Wildman–Crippen MR) is 53.7 cm³/mol. The van der Waals surface area contributed by atoms with Crippen LogP contribution in [0.25, 0.3) is 0 Å². The zero-order valence-electron chi connectivity index (χ0n) is 7.99. The second-order valence-corrected chi connectivity index (χ2v) is 2.87. The van der Waals surface area contributed by atoms with Gasteiger partial charge in [0, 0.05) is 6.20 Å². The first-order valence-corrected chi connectivity index (χ1v) is 4.61. The third-order valence-corrected chi connectivity index (χ3v) is 1.80. The van der Waals surface area contributed by atoms with Crippen LogP contribution in [0.4, 0.5) is 4.79 Å². The molecule has 0 saturated heterocycles. The Labute approximate surface area is 91.4 Å². The fourth-order valence-corrected chi connectivity index (χ4v) is 1.09. The normalized spacial score (nSPS) is 9.47. The molecule has 0 radical (unpaired) electrons. The summed E-state index contributed by atoms with van der Waals surface area (Å²) in [5.74, 6) is -0.633. The number of ether oxygens (including phenoxy) is 1. The van der Waals surface area contributed by atoms with Crippen molar-refractivity contribution in [1.82, 2.24) is 10.3 Å². The SMILES string of the molecule is CCOC(=O)NC(=O)c1cccnc1Cl. The van der Waals surface area contributed by atoms with E-state index in [0.717, 1.165) is 0 Å². The summed E-state index contributed by atoms with van der Waals surface area (Å²) in [6, 6.07) is 3.01. The summed E-state index contributed by atoms with van der Waals surface area (Å²) in [4.78, 5) is 26.0. The largest absolute Gasteiger partial charge is 0.450 e. The highest BCUT2D eigenvalue weighted by molar-refractivity contribution is 6.32. The molecule has 0 atom stereocenters. The van der Waals surface area contributed by atoms with E-state index in [9.17, 15) is 9.59 Å². The van der Waals surface area contributed by atoms with Crippen LogP contribution in [0.5, 0.6) is 0 Å². The minimum Gasteiger partial charge on any atom is -0.450 e. The number of nitrogens with zero attached hydrogens (tertiary/aromatic N) is 1. The standard InChI is InChI=1S/C9H9ClN2O3/c1-2-15-9(14)12-8(13)6-4-3-5-11-7(6)10/h3-5H,2H2,1H3,(H,12,13,14). The van der Waals surface area contributed by atoms with E-state index in [2.05, 4.69) is 9.72 Å². The Balaban J connectivity index is 2.70. The number of carbonyl (C=O) groups is 2. The molecule has 0 fully saturated rings. The number of hydrogen-bond acceptors (Lipinski definition) is 4. The zero-order chi connectivity index (χ0) is 11.3. The van der Waals surface area contributed by atoms with Crippen LogP contribution < -0.4 is 5.32 Å². The van der Waals surface area contributed by atoms with E-state index in [1.165, 1.54) is 12.3 Å². The van der Waals surface area contributed by atoms with Gasteiger partial charge in [0.2, 0.25) is 0 Å². The number of alkyl carbamates (subject to hydrolysis) is 1. The number of imide groups is 1. The van der Waals surface area contributed by atoms with E-state index in [4.69, 9.17) is 11.6 Å². The van der Waals surface area contributed by atoms with E-state index in [-0.39, 0.29) is 17.3 Å². The molecule has 1 aromatic heterocycles. The maximum Gasteiger partial charge on any atom is 0.414 e. The Kier molecular flexibility index (Phi) is 4.05. The highest BCUT2D eigenvalue weighted by Crippen LogP contribution is 2.10. The first-order chi connectivity index (χ1) is 7.15.